The highest BCUT2D eigenvalue weighted by molar-refractivity contribution is 5.92. The van der Waals surface area contributed by atoms with Gasteiger partial charge >= 0.3 is 5.97 Å². The summed E-state index contributed by atoms with van der Waals surface area (Å²) in [5.74, 6) is 0.209. The molecule has 3 heteroatoms. The van der Waals surface area contributed by atoms with Crippen LogP contribution in [0.25, 0.3) is 0 Å². The summed E-state index contributed by atoms with van der Waals surface area (Å²) in [7, 11) is 0. The molecule has 1 aromatic rings. The van der Waals surface area contributed by atoms with Gasteiger partial charge in [0.05, 0.1) is 6.61 Å². The van der Waals surface area contributed by atoms with Gasteiger partial charge < -0.3 is 9.84 Å². The minimum Gasteiger partial charge on any atom is -0.492 e. The zero-order valence-corrected chi connectivity index (χ0v) is 21.7. The van der Waals surface area contributed by atoms with E-state index in [1.807, 2.05) is 0 Å². The monoisotopic (exact) mass is 446 g/mol. The summed E-state index contributed by atoms with van der Waals surface area (Å²) in [6.45, 7) is 11.3. The van der Waals surface area contributed by atoms with E-state index in [1.165, 1.54) is 77.0 Å². The molecule has 0 amide bonds. The van der Waals surface area contributed by atoms with Crippen LogP contribution < -0.4 is 4.74 Å². The van der Waals surface area contributed by atoms with Crippen molar-refractivity contribution in [2.45, 2.75) is 136 Å². The van der Waals surface area contributed by atoms with Crippen molar-refractivity contribution < 1.29 is 14.6 Å². The SMILES string of the molecule is CCCCCCCCCCCCCCCCOc1c(C(=O)O)cc(C(C)C)cc1C(C)C. The molecule has 0 spiro atoms. The van der Waals surface area contributed by atoms with E-state index in [-0.39, 0.29) is 5.92 Å². The van der Waals surface area contributed by atoms with E-state index in [2.05, 4.69) is 40.7 Å². The normalized spacial score (nSPS) is 11.5. The second-order valence-corrected chi connectivity index (χ2v) is 10.0. The first-order valence-electron chi connectivity index (χ1n) is 13.4. The van der Waals surface area contributed by atoms with Crippen LogP contribution >= 0.6 is 0 Å². The highest BCUT2D eigenvalue weighted by Crippen LogP contribution is 2.34. The first kappa shape index (κ1) is 28.5. The molecule has 0 saturated carbocycles. The molecule has 0 heterocycles. The Labute approximate surface area is 198 Å². The third-order valence-corrected chi connectivity index (χ3v) is 6.40. The Hall–Kier alpha value is -1.51. The molecule has 0 unspecified atom stereocenters. The highest BCUT2D eigenvalue weighted by Gasteiger charge is 2.20. The van der Waals surface area contributed by atoms with Crippen LogP contribution in [0.4, 0.5) is 0 Å². The van der Waals surface area contributed by atoms with Crippen molar-refractivity contribution in [1.29, 1.82) is 0 Å². The number of aromatic carboxylic acids is 1. The fourth-order valence-electron chi connectivity index (χ4n) is 4.23. The lowest BCUT2D eigenvalue weighted by molar-refractivity contribution is 0.0691. The van der Waals surface area contributed by atoms with Gasteiger partial charge in [0, 0.05) is 0 Å². The minimum atomic E-state index is -0.898. The lowest BCUT2D eigenvalue weighted by atomic mass is 9.92. The van der Waals surface area contributed by atoms with Gasteiger partial charge in [-0.1, -0.05) is 124 Å². The number of carboxylic acid groups (broad SMARTS) is 1. The number of carboxylic acids is 1. The first-order valence-corrected chi connectivity index (χ1v) is 13.4. The second kappa shape index (κ2) is 17.0. The smallest absolute Gasteiger partial charge is 0.339 e. The van der Waals surface area contributed by atoms with Crippen LogP contribution in [-0.4, -0.2) is 17.7 Å². The molecule has 0 saturated heterocycles. The average Bonchev–Trinajstić information content (AvgIpc) is 2.75. The minimum absolute atomic E-state index is 0.234. The Morgan fingerprint density at radius 1 is 0.750 bits per heavy atom. The summed E-state index contributed by atoms with van der Waals surface area (Å²) in [5.41, 5.74) is 2.39. The predicted molar refractivity (Wildman–Crippen MR) is 137 cm³/mol. The van der Waals surface area contributed by atoms with Gasteiger partial charge in [0.2, 0.25) is 0 Å². The van der Waals surface area contributed by atoms with Crippen molar-refractivity contribution in [3.63, 3.8) is 0 Å². The Morgan fingerprint density at radius 2 is 1.22 bits per heavy atom. The quantitative estimate of drug-likeness (QED) is 0.215. The molecule has 0 atom stereocenters. The maximum Gasteiger partial charge on any atom is 0.339 e. The largest absolute Gasteiger partial charge is 0.492 e. The summed E-state index contributed by atoms with van der Waals surface area (Å²) in [4.78, 5) is 11.9. The molecule has 3 nitrogen and oxygen atoms in total. The van der Waals surface area contributed by atoms with Gasteiger partial charge in [-0.2, -0.15) is 0 Å². The molecule has 0 aromatic heterocycles. The topological polar surface area (TPSA) is 46.5 Å². The number of unbranched alkanes of at least 4 members (excludes halogenated alkanes) is 13. The van der Waals surface area contributed by atoms with Gasteiger partial charge in [-0.15, -0.1) is 0 Å². The summed E-state index contributed by atoms with van der Waals surface area (Å²) < 4.78 is 6.05. The van der Waals surface area contributed by atoms with Crippen molar-refractivity contribution in [3.8, 4) is 5.75 Å². The Balaban J connectivity index is 2.26. The zero-order chi connectivity index (χ0) is 23.8. The van der Waals surface area contributed by atoms with E-state index in [9.17, 15) is 9.90 Å². The second-order valence-electron chi connectivity index (χ2n) is 10.0. The zero-order valence-electron chi connectivity index (χ0n) is 21.7. The van der Waals surface area contributed by atoms with E-state index in [4.69, 9.17) is 4.74 Å². The Bertz CT molecular complexity index is 634. The summed E-state index contributed by atoms with van der Waals surface area (Å²) in [5, 5.41) is 9.72. The molecular weight excluding hydrogens is 396 g/mol. The summed E-state index contributed by atoms with van der Waals surface area (Å²) in [6.07, 6.45) is 18.6. The molecule has 1 aromatic carbocycles. The van der Waals surface area contributed by atoms with Gasteiger partial charge in [-0.3, -0.25) is 0 Å². The van der Waals surface area contributed by atoms with Crippen LogP contribution in [0.1, 0.15) is 158 Å². The lowest BCUT2D eigenvalue weighted by Gasteiger charge is -2.19. The van der Waals surface area contributed by atoms with E-state index >= 15 is 0 Å². The standard InChI is InChI=1S/C29H50O3/c1-6-7-8-9-10-11-12-13-14-15-16-17-18-19-20-32-28-26(24(4)5)21-25(23(2)3)22-27(28)29(30)31/h21-24H,6-20H2,1-5H3,(H,30,31). The molecule has 0 bridgehead atoms. The molecule has 0 aliphatic heterocycles. The predicted octanol–water partition coefficient (Wildman–Crippen LogP) is 9.49. The van der Waals surface area contributed by atoms with Crippen LogP contribution in [0, 0.1) is 0 Å². The highest BCUT2D eigenvalue weighted by atomic mass is 16.5. The summed E-state index contributed by atoms with van der Waals surface area (Å²) >= 11 is 0. The van der Waals surface area contributed by atoms with Gasteiger partial charge in [0.1, 0.15) is 11.3 Å². The Kier molecular flexibility index (Phi) is 15.2. The van der Waals surface area contributed by atoms with Gasteiger partial charge in [0.25, 0.3) is 0 Å². The van der Waals surface area contributed by atoms with E-state index < -0.39 is 5.97 Å². The number of carbonyl (C=O) groups is 1. The number of ether oxygens (including phenoxy) is 1. The third kappa shape index (κ3) is 11.4. The van der Waals surface area contributed by atoms with Crippen molar-refractivity contribution >= 4 is 5.97 Å². The summed E-state index contributed by atoms with van der Waals surface area (Å²) in [6, 6.07) is 3.92. The van der Waals surface area contributed by atoms with Gasteiger partial charge in [0.15, 0.2) is 0 Å². The first-order chi connectivity index (χ1) is 15.4. The maximum absolute atomic E-state index is 11.9. The van der Waals surface area contributed by atoms with E-state index in [1.54, 1.807) is 6.07 Å². The fourth-order valence-corrected chi connectivity index (χ4v) is 4.23. The van der Waals surface area contributed by atoms with Crippen molar-refractivity contribution in [2.24, 2.45) is 0 Å². The third-order valence-electron chi connectivity index (χ3n) is 6.40. The van der Waals surface area contributed by atoms with Crippen LogP contribution in [-0.2, 0) is 0 Å². The number of hydrogen-bond donors (Lipinski definition) is 1. The van der Waals surface area contributed by atoms with Gasteiger partial charge in [-0.25, -0.2) is 4.79 Å². The number of benzene rings is 1. The fraction of sp³-hybridized carbons (Fsp3) is 0.759. The molecule has 1 N–H and O–H groups in total. The van der Waals surface area contributed by atoms with Crippen LogP contribution in [0.2, 0.25) is 0 Å². The molecule has 1 rings (SSSR count). The van der Waals surface area contributed by atoms with Crippen molar-refractivity contribution in [1.82, 2.24) is 0 Å². The van der Waals surface area contributed by atoms with Crippen molar-refractivity contribution in [2.75, 3.05) is 6.61 Å². The van der Waals surface area contributed by atoms with E-state index in [0.717, 1.165) is 24.0 Å². The van der Waals surface area contributed by atoms with Gasteiger partial charge in [-0.05, 0) is 35.4 Å². The van der Waals surface area contributed by atoms with E-state index in [0.29, 0.717) is 23.8 Å². The molecular formula is C29H50O3. The maximum atomic E-state index is 11.9. The lowest BCUT2D eigenvalue weighted by Crippen LogP contribution is -2.10. The Morgan fingerprint density at radius 3 is 1.62 bits per heavy atom. The molecule has 0 aliphatic carbocycles. The van der Waals surface area contributed by atoms with Crippen LogP contribution in [0.15, 0.2) is 12.1 Å². The molecule has 32 heavy (non-hydrogen) atoms. The number of hydrogen-bond acceptors (Lipinski definition) is 2. The molecule has 184 valence electrons. The molecule has 0 aliphatic rings. The van der Waals surface area contributed by atoms with Crippen LogP contribution in [0.3, 0.4) is 0 Å². The number of rotatable bonds is 19. The molecule has 0 fully saturated rings. The van der Waals surface area contributed by atoms with Crippen LogP contribution in [0.5, 0.6) is 5.75 Å². The average molecular weight is 447 g/mol. The van der Waals surface area contributed by atoms with Crippen molar-refractivity contribution in [3.05, 3.63) is 28.8 Å². The molecule has 0 radical (unpaired) electrons.